The third kappa shape index (κ3) is 7.98. The summed E-state index contributed by atoms with van der Waals surface area (Å²) in [6, 6.07) is 0.148. The molecule has 0 bridgehead atoms. The molecule has 0 spiro atoms. The molecule has 4 aliphatic rings. The molecule has 0 aromatic carbocycles. The number of allylic oxidation sites excluding steroid dienone is 6. The number of aliphatic carboxylic acids is 1. The van der Waals surface area contributed by atoms with E-state index >= 15 is 0 Å². The first-order chi connectivity index (χ1) is 16.7. The average molecular weight is 481 g/mol. The number of carboxylic acids is 1. The molecule has 9 heteroatoms. The molecule has 1 fully saturated rings. The van der Waals surface area contributed by atoms with Gasteiger partial charge in [-0.15, -0.1) is 0 Å². The SMILES string of the molecule is C=C(C)/C=C\C(=N)C1=CCN=C(N2CCC(CC(=O)O)CC2)N=C1.CC1=NC2C=CC(F)=CC2N1. The number of rotatable bonds is 5. The lowest BCUT2D eigenvalue weighted by molar-refractivity contribution is -0.138. The first kappa shape index (κ1) is 26.0. The second-order valence-corrected chi connectivity index (χ2v) is 8.97. The number of hydrogen-bond acceptors (Lipinski definition) is 7. The molecule has 3 N–H and O–H groups in total. The maximum atomic E-state index is 12.6. The number of likely N-dealkylation sites (tertiary alicyclic amines) is 1. The fourth-order valence-electron chi connectivity index (χ4n) is 4.10. The summed E-state index contributed by atoms with van der Waals surface area (Å²) in [5.74, 6) is 0.891. The van der Waals surface area contributed by atoms with Gasteiger partial charge in [-0.05, 0) is 50.8 Å². The van der Waals surface area contributed by atoms with E-state index in [0.717, 1.165) is 42.9 Å². The minimum atomic E-state index is -0.728. The van der Waals surface area contributed by atoms with Gasteiger partial charge in [-0.1, -0.05) is 30.4 Å². The largest absolute Gasteiger partial charge is 0.481 e. The molecule has 3 heterocycles. The Bertz CT molecular complexity index is 1060. The zero-order valence-electron chi connectivity index (χ0n) is 20.2. The lowest BCUT2D eigenvalue weighted by Gasteiger charge is -2.31. The van der Waals surface area contributed by atoms with Gasteiger partial charge in [-0.25, -0.2) is 14.4 Å². The maximum Gasteiger partial charge on any atom is 0.303 e. The lowest BCUT2D eigenvalue weighted by Crippen LogP contribution is -2.38. The van der Waals surface area contributed by atoms with Crippen molar-refractivity contribution in [3.05, 3.63) is 60.0 Å². The number of nitrogens with one attached hydrogen (secondary N) is 2. The topological polar surface area (TPSA) is 114 Å². The van der Waals surface area contributed by atoms with E-state index in [4.69, 9.17) is 10.5 Å². The summed E-state index contributed by atoms with van der Waals surface area (Å²) < 4.78 is 12.6. The number of piperidine rings is 1. The standard InChI is InChI=1S/C18H24N4O2.C8H9FN2/c1-13(2)3-4-16(19)15-5-8-20-18(21-12-15)22-9-6-14(7-10-22)11-17(23)24;1-5-10-7-3-2-6(9)4-8(7)11-5/h3-5,12,14,19H,1,6-11H2,2H3,(H,23,24);2-4,7-8H,1H3,(H,10,11)/b4-3-,19-16?;. The smallest absolute Gasteiger partial charge is 0.303 e. The highest BCUT2D eigenvalue weighted by Crippen LogP contribution is 2.21. The number of aliphatic imine (C=N–C) groups is 3. The van der Waals surface area contributed by atoms with E-state index in [1.54, 1.807) is 30.5 Å². The van der Waals surface area contributed by atoms with Crippen molar-refractivity contribution in [3.8, 4) is 0 Å². The van der Waals surface area contributed by atoms with Gasteiger partial charge in [0.1, 0.15) is 5.83 Å². The van der Waals surface area contributed by atoms with Crippen LogP contribution < -0.4 is 5.32 Å². The van der Waals surface area contributed by atoms with Crippen molar-refractivity contribution in [2.75, 3.05) is 19.6 Å². The predicted octanol–water partition coefficient (Wildman–Crippen LogP) is 3.86. The molecule has 0 radical (unpaired) electrons. The number of carboxylic acid groups (broad SMARTS) is 1. The van der Waals surface area contributed by atoms with E-state index < -0.39 is 5.97 Å². The minimum absolute atomic E-state index is 0.0417. The monoisotopic (exact) mass is 480 g/mol. The van der Waals surface area contributed by atoms with Crippen LogP contribution in [0, 0.1) is 11.3 Å². The Hall–Kier alpha value is -3.62. The molecule has 1 saturated heterocycles. The summed E-state index contributed by atoms with van der Waals surface area (Å²) in [5.41, 5.74) is 2.03. The number of carbonyl (C=O) groups is 1. The van der Waals surface area contributed by atoms with Crippen LogP contribution in [0.2, 0.25) is 0 Å². The van der Waals surface area contributed by atoms with Gasteiger partial charge in [0.2, 0.25) is 5.96 Å². The molecule has 0 saturated carbocycles. The van der Waals surface area contributed by atoms with E-state index in [1.165, 1.54) is 6.08 Å². The van der Waals surface area contributed by atoms with Crippen LogP contribution in [0.4, 0.5) is 4.39 Å². The fourth-order valence-corrected chi connectivity index (χ4v) is 4.10. The van der Waals surface area contributed by atoms with Crippen molar-refractivity contribution < 1.29 is 14.3 Å². The first-order valence-corrected chi connectivity index (χ1v) is 11.8. The number of halogens is 1. The molecule has 186 valence electrons. The summed E-state index contributed by atoms with van der Waals surface area (Å²) >= 11 is 0. The number of fused-ring (bicyclic) bond motifs is 1. The third-order valence-corrected chi connectivity index (χ3v) is 5.95. The molecule has 8 nitrogen and oxygen atoms in total. The maximum absolute atomic E-state index is 12.6. The van der Waals surface area contributed by atoms with E-state index in [-0.39, 0.29) is 30.2 Å². The molecule has 2 unspecified atom stereocenters. The summed E-state index contributed by atoms with van der Waals surface area (Å²) in [6.07, 6.45) is 13.8. The van der Waals surface area contributed by atoms with Gasteiger partial charge in [-0.2, -0.15) is 0 Å². The van der Waals surface area contributed by atoms with Crippen molar-refractivity contribution in [3.63, 3.8) is 0 Å². The molecule has 3 aliphatic heterocycles. The van der Waals surface area contributed by atoms with E-state index in [2.05, 4.69) is 31.8 Å². The first-order valence-electron chi connectivity index (χ1n) is 11.8. The van der Waals surface area contributed by atoms with E-state index in [0.29, 0.717) is 18.2 Å². The summed E-state index contributed by atoms with van der Waals surface area (Å²) in [4.78, 5) is 26.0. The van der Waals surface area contributed by atoms with Crippen LogP contribution in [-0.4, -0.2) is 71.4 Å². The van der Waals surface area contributed by atoms with Gasteiger partial charge in [0, 0.05) is 31.3 Å². The van der Waals surface area contributed by atoms with Crippen molar-refractivity contribution in [1.82, 2.24) is 10.2 Å². The number of guanidine groups is 1. The summed E-state index contributed by atoms with van der Waals surface area (Å²) in [5, 5.41) is 20.0. The second kappa shape index (κ2) is 12.2. The molecule has 0 aromatic heterocycles. The second-order valence-electron chi connectivity index (χ2n) is 8.97. The Balaban J connectivity index is 0.000000256. The zero-order valence-corrected chi connectivity index (χ0v) is 20.2. The van der Waals surface area contributed by atoms with Crippen LogP contribution in [0.5, 0.6) is 0 Å². The highest BCUT2D eigenvalue weighted by Gasteiger charge is 2.25. The van der Waals surface area contributed by atoms with Crippen LogP contribution >= 0.6 is 0 Å². The predicted molar refractivity (Wildman–Crippen MR) is 139 cm³/mol. The average Bonchev–Trinajstić information content (AvgIpc) is 3.01. The molecular weight excluding hydrogens is 447 g/mol. The van der Waals surface area contributed by atoms with Crippen molar-refractivity contribution in [2.24, 2.45) is 20.9 Å². The highest BCUT2D eigenvalue weighted by molar-refractivity contribution is 6.21. The van der Waals surface area contributed by atoms with Gasteiger partial charge in [0.25, 0.3) is 0 Å². The van der Waals surface area contributed by atoms with Crippen LogP contribution in [0.1, 0.15) is 33.1 Å². The minimum Gasteiger partial charge on any atom is -0.481 e. The Morgan fingerprint density at radius 3 is 2.80 bits per heavy atom. The van der Waals surface area contributed by atoms with Crippen molar-refractivity contribution in [1.29, 1.82) is 5.41 Å². The normalized spacial score (nSPS) is 23.7. The Morgan fingerprint density at radius 1 is 1.37 bits per heavy atom. The van der Waals surface area contributed by atoms with E-state index in [9.17, 15) is 9.18 Å². The van der Waals surface area contributed by atoms with Crippen molar-refractivity contribution >= 4 is 29.7 Å². The fraction of sp³-hybridized carbons (Fsp3) is 0.423. The molecule has 35 heavy (non-hydrogen) atoms. The number of amidine groups is 1. The Kier molecular flexibility index (Phi) is 9.05. The van der Waals surface area contributed by atoms with E-state index in [1.807, 2.05) is 19.9 Å². The summed E-state index contributed by atoms with van der Waals surface area (Å²) in [6.45, 7) is 9.59. The molecule has 0 amide bonds. The van der Waals surface area contributed by atoms with Gasteiger partial charge in [0.05, 0.1) is 30.2 Å². The van der Waals surface area contributed by atoms with Crippen molar-refractivity contribution in [2.45, 2.75) is 45.2 Å². The third-order valence-electron chi connectivity index (χ3n) is 5.95. The molecule has 4 rings (SSSR count). The Morgan fingerprint density at radius 2 is 2.11 bits per heavy atom. The molecule has 1 aliphatic carbocycles. The van der Waals surface area contributed by atoms with Gasteiger partial charge in [-0.3, -0.25) is 9.79 Å². The van der Waals surface area contributed by atoms with Gasteiger partial charge >= 0.3 is 5.97 Å². The lowest BCUT2D eigenvalue weighted by atomic mass is 9.94. The van der Waals surface area contributed by atoms with Gasteiger partial charge < -0.3 is 20.7 Å². The quantitative estimate of drug-likeness (QED) is 0.410. The van der Waals surface area contributed by atoms with Crippen LogP contribution in [0.3, 0.4) is 0 Å². The molecule has 0 aromatic rings. The van der Waals surface area contributed by atoms with Crippen LogP contribution in [0.25, 0.3) is 0 Å². The van der Waals surface area contributed by atoms with Crippen LogP contribution in [0.15, 0.2) is 75.0 Å². The Labute approximate surface area is 205 Å². The summed E-state index contributed by atoms with van der Waals surface area (Å²) in [7, 11) is 0. The van der Waals surface area contributed by atoms with Crippen LogP contribution in [-0.2, 0) is 4.79 Å². The zero-order chi connectivity index (χ0) is 25.4. The molecular formula is C26H33FN6O2. The highest BCUT2D eigenvalue weighted by atomic mass is 19.1. The molecule has 2 atom stereocenters. The number of nitrogens with zero attached hydrogens (tertiary/aromatic N) is 4. The number of hydrogen-bond donors (Lipinski definition) is 3. The van der Waals surface area contributed by atoms with Gasteiger partial charge in [0.15, 0.2) is 0 Å².